The highest BCUT2D eigenvalue weighted by molar-refractivity contribution is 7.71. The van der Waals surface area contributed by atoms with Crippen molar-refractivity contribution in [1.29, 1.82) is 0 Å². The summed E-state index contributed by atoms with van der Waals surface area (Å²) in [4.78, 5) is 2.36. The minimum atomic E-state index is 0.451. The van der Waals surface area contributed by atoms with Crippen molar-refractivity contribution in [3.05, 3.63) is 4.77 Å². The van der Waals surface area contributed by atoms with E-state index in [2.05, 4.69) is 40.4 Å². The van der Waals surface area contributed by atoms with E-state index in [1.165, 1.54) is 32.1 Å². The van der Waals surface area contributed by atoms with Crippen molar-refractivity contribution in [2.45, 2.75) is 71.4 Å². The number of aromatic amines is 1. The van der Waals surface area contributed by atoms with Gasteiger partial charge in [0.05, 0.1) is 0 Å². The van der Waals surface area contributed by atoms with E-state index in [0.29, 0.717) is 12.1 Å². The molecular formula is C14H26N4S. The Morgan fingerprint density at radius 1 is 1.37 bits per heavy atom. The highest BCUT2D eigenvalue weighted by Gasteiger charge is 2.23. The number of rotatable bonds is 5. The van der Waals surface area contributed by atoms with E-state index in [9.17, 15) is 0 Å². The Morgan fingerprint density at radius 3 is 2.63 bits per heavy atom. The van der Waals surface area contributed by atoms with Gasteiger partial charge in [0, 0.05) is 18.6 Å². The van der Waals surface area contributed by atoms with Gasteiger partial charge < -0.3 is 4.90 Å². The lowest BCUT2D eigenvalue weighted by atomic mass is 9.95. The standard InChI is InChI=1S/C14H26N4S/c1-4-10-17(11(2)3)13-15-16-14(19)18(13)12-8-6-5-7-9-12/h11-12H,4-10H2,1-3H3,(H,16,19). The first-order valence-corrected chi connectivity index (χ1v) is 7.99. The van der Waals surface area contributed by atoms with Gasteiger partial charge in [-0.15, -0.1) is 5.10 Å². The molecule has 0 aliphatic heterocycles. The van der Waals surface area contributed by atoms with Gasteiger partial charge in [-0.2, -0.15) is 0 Å². The zero-order chi connectivity index (χ0) is 13.8. The molecule has 1 saturated carbocycles. The lowest BCUT2D eigenvalue weighted by molar-refractivity contribution is 0.349. The van der Waals surface area contributed by atoms with Gasteiger partial charge in [0.2, 0.25) is 5.95 Å². The maximum atomic E-state index is 5.46. The molecule has 0 aromatic carbocycles. The average Bonchev–Trinajstić information content (AvgIpc) is 2.78. The van der Waals surface area contributed by atoms with Crippen LogP contribution < -0.4 is 4.90 Å². The van der Waals surface area contributed by atoms with Crippen LogP contribution in [0.5, 0.6) is 0 Å². The summed E-state index contributed by atoms with van der Waals surface area (Å²) in [5.41, 5.74) is 0. The Bertz CT molecular complexity index is 443. The van der Waals surface area contributed by atoms with Crippen LogP contribution in [-0.2, 0) is 0 Å². The lowest BCUT2D eigenvalue weighted by Crippen LogP contribution is -2.34. The van der Waals surface area contributed by atoms with Crippen LogP contribution in [0.1, 0.15) is 65.3 Å². The molecule has 0 amide bonds. The molecule has 0 spiro atoms. The Hall–Kier alpha value is -0.840. The van der Waals surface area contributed by atoms with Gasteiger partial charge in [0.25, 0.3) is 0 Å². The number of hydrogen-bond acceptors (Lipinski definition) is 3. The minimum absolute atomic E-state index is 0.451. The Morgan fingerprint density at radius 2 is 2.05 bits per heavy atom. The number of aromatic nitrogens is 3. The maximum Gasteiger partial charge on any atom is 0.226 e. The third kappa shape index (κ3) is 3.19. The normalized spacial score (nSPS) is 17.1. The summed E-state index contributed by atoms with van der Waals surface area (Å²) in [5, 5.41) is 7.51. The predicted octanol–water partition coefficient (Wildman–Crippen LogP) is 4.07. The summed E-state index contributed by atoms with van der Waals surface area (Å²) in [6.07, 6.45) is 7.58. The van der Waals surface area contributed by atoms with E-state index < -0.39 is 0 Å². The largest absolute Gasteiger partial charge is 0.339 e. The van der Waals surface area contributed by atoms with Crippen molar-refractivity contribution in [3.8, 4) is 0 Å². The van der Waals surface area contributed by atoms with Gasteiger partial charge in [-0.05, 0) is 45.3 Å². The SMILES string of the molecule is CCCN(c1n[nH]c(=S)n1C1CCCCC1)C(C)C. The number of hydrogen-bond donors (Lipinski definition) is 1. The molecule has 1 heterocycles. The molecule has 19 heavy (non-hydrogen) atoms. The van der Waals surface area contributed by atoms with Crippen LogP contribution in [0.15, 0.2) is 0 Å². The van der Waals surface area contributed by atoms with Crippen molar-refractivity contribution in [1.82, 2.24) is 14.8 Å². The molecule has 2 rings (SSSR count). The number of nitrogens with zero attached hydrogens (tertiary/aromatic N) is 3. The average molecular weight is 282 g/mol. The predicted molar refractivity (Wildman–Crippen MR) is 82.3 cm³/mol. The fourth-order valence-corrected chi connectivity index (χ4v) is 3.27. The minimum Gasteiger partial charge on any atom is -0.339 e. The van der Waals surface area contributed by atoms with Crippen LogP contribution in [0, 0.1) is 4.77 Å². The van der Waals surface area contributed by atoms with Gasteiger partial charge in [-0.3, -0.25) is 4.57 Å². The number of anilines is 1. The van der Waals surface area contributed by atoms with E-state index in [-0.39, 0.29) is 0 Å². The third-order valence-corrected chi connectivity index (χ3v) is 4.26. The van der Waals surface area contributed by atoms with Crippen LogP contribution >= 0.6 is 12.2 Å². The smallest absolute Gasteiger partial charge is 0.226 e. The van der Waals surface area contributed by atoms with E-state index in [0.717, 1.165) is 23.7 Å². The van der Waals surface area contributed by atoms with E-state index in [1.54, 1.807) is 0 Å². The molecule has 1 N–H and O–H groups in total. The quantitative estimate of drug-likeness (QED) is 0.827. The highest BCUT2D eigenvalue weighted by Crippen LogP contribution is 2.31. The van der Waals surface area contributed by atoms with Crippen LogP contribution in [0.25, 0.3) is 0 Å². The van der Waals surface area contributed by atoms with E-state index in [4.69, 9.17) is 12.2 Å². The zero-order valence-electron chi connectivity index (χ0n) is 12.4. The molecule has 5 heteroatoms. The molecule has 0 unspecified atom stereocenters. The first kappa shape index (κ1) is 14.6. The molecular weight excluding hydrogens is 256 g/mol. The first-order chi connectivity index (χ1) is 9.15. The summed E-state index contributed by atoms with van der Waals surface area (Å²) in [6, 6.07) is 0.987. The molecule has 0 radical (unpaired) electrons. The van der Waals surface area contributed by atoms with Crippen LogP contribution in [0.2, 0.25) is 0 Å². The van der Waals surface area contributed by atoms with Gasteiger partial charge in [0.1, 0.15) is 0 Å². The summed E-state index contributed by atoms with van der Waals surface area (Å²) in [5.74, 6) is 1.04. The highest BCUT2D eigenvalue weighted by atomic mass is 32.1. The Balaban J connectivity index is 2.32. The summed E-state index contributed by atoms with van der Waals surface area (Å²) in [6.45, 7) is 7.68. The summed E-state index contributed by atoms with van der Waals surface area (Å²) in [7, 11) is 0. The molecule has 1 aromatic heterocycles. The lowest BCUT2D eigenvalue weighted by Gasteiger charge is -2.31. The van der Waals surface area contributed by atoms with Gasteiger partial charge in [-0.25, -0.2) is 5.10 Å². The molecule has 0 saturated heterocycles. The first-order valence-electron chi connectivity index (χ1n) is 7.58. The molecule has 0 atom stereocenters. The number of nitrogens with one attached hydrogen (secondary N) is 1. The topological polar surface area (TPSA) is 36.9 Å². The molecule has 0 bridgehead atoms. The van der Waals surface area contributed by atoms with Gasteiger partial charge >= 0.3 is 0 Å². The fraction of sp³-hybridized carbons (Fsp3) is 0.857. The zero-order valence-corrected chi connectivity index (χ0v) is 13.2. The fourth-order valence-electron chi connectivity index (χ4n) is 3.00. The van der Waals surface area contributed by atoms with Crippen molar-refractivity contribution < 1.29 is 0 Å². The van der Waals surface area contributed by atoms with E-state index in [1.807, 2.05) is 0 Å². The van der Waals surface area contributed by atoms with Crippen molar-refractivity contribution in [2.75, 3.05) is 11.4 Å². The monoisotopic (exact) mass is 282 g/mol. The van der Waals surface area contributed by atoms with Crippen molar-refractivity contribution in [2.24, 2.45) is 0 Å². The molecule has 1 fully saturated rings. The van der Waals surface area contributed by atoms with Crippen LogP contribution in [0.4, 0.5) is 5.95 Å². The molecule has 1 aromatic rings. The van der Waals surface area contributed by atoms with Gasteiger partial charge in [0.15, 0.2) is 4.77 Å². The van der Waals surface area contributed by atoms with Crippen LogP contribution in [0.3, 0.4) is 0 Å². The molecule has 108 valence electrons. The second-order valence-electron chi connectivity index (χ2n) is 5.78. The molecule has 1 aliphatic carbocycles. The van der Waals surface area contributed by atoms with Crippen molar-refractivity contribution in [3.63, 3.8) is 0 Å². The Kier molecular flexibility index (Phi) is 5.02. The van der Waals surface area contributed by atoms with Gasteiger partial charge in [-0.1, -0.05) is 26.2 Å². The summed E-state index contributed by atoms with van der Waals surface area (Å²) >= 11 is 5.46. The molecule has 1 aliphatic rings. The summed E-state index contributed by atoms with van der Waals surface area (Å²) < 4.78 is 3.05. The maximum absolute atomic E-state index is 5.46. The molecule has 4 nitrogen and oxygen atoms in total. The number of H-pyrrole nitrogens is 1. The second-order valence-corrected chi connectivity index (χ2v) is 6.16. The second kappa shape index (κ2) is 6.55. The Labute approximate surface area is 121 Å². The van der Waals surface area contributed by atoms with Crippen molar-refractivity contribution >= 4 is 18.2 Å². The third-order valence-electron chi connectivity index (χ3n) is 3.97. The van der Waals surface area contributed by atoms with E-state index >= 15 is 0 Å². The van der Waals surface area contributed by atoms with Crippen LogP contribution in [-0.4, -0.2) is 27.4 Å².